The molecule has 2 bridgehead atoms. The van der Waals surface area contributed by atoms with Gasteiger partial charge in [-0.05, 0) is 36.8 Å². The van der Waals surface area contributed by atoms with Gasteiger partial charge in [0.15, 0.2) is 0 Å². The average molecular weight is 360 g/mol. The zero-order chi connectivity index (χ0) is 18.5. The highest BCUT2D eigenvalue weighted by atomic mass is 16.5. The van der Waals surface area contributed by atoms with E-state index in [-0.39, 0.29) is 5.91 Å². The summed E-state index contributed by atoms with van der Waals surface area (Å²) in [5.74, 6) is 1.90. The highest BCUT2D eigenvalue weighted by molar-refractivity contribution is 5.77. The van der Waals surface area contributed by atoms with E-state index in [2.05, 4.69) is 34.9 Å². The molecule has 4 rings (SSSR count). The number of amides is 1. The number of aryl methyl sites for hydroxylation is 1. The van der Waals surface area contributed by atoms with E-state index in [0.29, 0.717) is 18.5 Å². The first kappa shape index (κ1) is 19.2. The van der Waals surface area contributed by atoms with Gasteiger partial charge in [-0.3, -0.25) is 14.6 Å². The van der Waals surface area contributed by atoms with Crippen molar-refractivity contribution in [3.05, 3.63) is 29.8 Å². The van der Waals surface area contributed by atoms with Crippen LogP contribution in [0.4, 0.5) is 0 Å². The Hall–Kier alpha value is -1.59. The van der Waals surface area contributed by atoms with Gasteiger partial charge in [0.25, 0.3) is 0 Å². The summed E-state index contributed by atoms with van der Waals surface area (Å²) in [5, 5.41) is 0. The fourth-order valence-corrected chi connectivity index (χ4v) is 4.22. The minimum Gasteiger partial charge on any atom is -0.492 e. The lowest BCUT2D eigenvalue weighted by Crippen LogP contribution is -2.46. The summed E-state index contributed by atoms with van der Waals surface area (Å²) < 4.78 is 6.09. The van der Waals surface area contributed by atoms with Crippen molar-refractivity contribution in [1.82, 2.24) is 14.7 Å². The molecule has 26 heavy (non-hydrogen) atoms. The topological polar surface area (TPSA) is 36.0 Å². The van der Waals surface area contributed by atoms with Gasteiger partial charge in [-0.1, -0.05) is 25.1 Å². The molecule has 5 nitrogen and oxygen atoms in total. The van der Waals surface area contributed by atoms with Crippen LogP contribution in [-0.2, 0) is 11.2 Å². The molecule has 1 aromatic rings. The van der Waals surface area contributed by atoms with E-state index in [4.69, 9.17) is 4.74 Å². The lowest BCUT2D eigenvalue weighted by Gasteiger charge is -2.36. The highest BCUT2D eigenvalue weighted by Gasteiger charge is 2.35. The monoisotopic (exact) mass is 359 g/mol. The number of piperidine rings is 1. The van der Waals surface area contributed by atoms with Crippen LogP contribution < -0.4 is 4.74 Å². The molecular formula is C21H33N3O2. The van der Waals surface area contributed by atoms with Crippen LogP contribution in [0, 0.1) is 5.92 Å². The van der Waals surface area contributed by atoms with Crippen LogP contribution in [0.5, 0.6) is 5.75 Å². The third-order valence-electron chi connectivity index (χ3n) is 5.75. The number of nitrogens with zero attached hydrogens (tertiary/aromatic N) is 3. The summed E-state index contributed by atoms with van der Waals surface area (Å²) in [6.45, 7) is 7.60. The summed E-state index contributed by atoms with van der Waals surface area (Å²) in [7, 11) is 3.68. The summed E-state index contributed by atoms with van der Waals surface area (Å²) in [6, 6.07) is 8.88. The Morgan fingerprint density at radius 2 is 2.00 bits per heavy atom. The Labute approximate surface area is 157 Å². The van der Waals surface area contributed by atoms with Gasteiger partial charge in [0, 0.05) is 46.3 Å². The number of para-hydroxylation sites is 1. The first-order valence-electron chi connectivity index (χ1n) is 9.94. The standard InChI is InChI=1S/C21H33N3O2/c1-4-18-7-5-6-8-20(18)26-12-11-24-14-17-9-10-19(24)15-23(13-17)16-21(25)22(2)3/h5-8,17,19H,4,9-16H2,1-3H3/t17-,19+/m1/s1. The van der Waals surface area contributed by atoms with E-state index in [0.717, 1.165) is 45.0 Å². The number of benzene rings is 1. The Bertz CT molecular complexity index is 605. The molecule has 3 aliphatic rings. The molecule has 0 N–H and O–H groups in total. The average Bonchev–Trinajstić information content (AvgIpc) is 2.92. The molecule has 0 unspecified atom stereocenters. The summed E-state index contributed by atoms with van der Waals surface area (Å²) >= 11 is 0. The number of carbonyl (C=O) groups is 1. The number of fused-ring (bicyclic) bond motifs is 4. The van der Waals surface area contributed by atoms with E-state index in [9.17, 15) is 4.79 Å². The molecule has 5 heteroatoms. The van der Waals surface area contributed by atoms with Gasteiger partial charge in [-0.25, -0.2) is 0 Å². The molecule has 3 fully saturated rings. The molecular weight excluding hydrogens is 326 g/mol. The molecule has 2 atom stereocenters. The van der Waals surface area contributed by atoms with Crippen LogP contribution in [0.25, 0.3) is 0 Å². The number of hydrogen-bond donors (Lipinski definition) is 0. The normalized spacial score (nSPS) is 23.7. The van der Waals surface area contributed by atoms with Crippen molar-refractivity contribution in [2.75, 3.05) is 53.4 Å². The van der Waals surface area contributed by atoms with Crippen LogP contribution >= 0.6 is 0 Å². The first-order valence-corrected chi connectivity index (χ1v) is 9.94. The molecule has 1 aromatic carbocycles. The van der Waals surface area contributed by atoms with Crippen LogP contribution in [-0.4, -0.2) is 80.1 Å². The maximum atomic E-state index is 12.1. The molecule has 0 aromatic heterocycles. The fraction of sp³-hybridized carbons (Fsp3) is 0.667. The second kappa shape index (κ2) is 8.87. The van der Waals surface area contributed by atoms with Crippen LogP contribution in [0.2, 0.25) is 0 Å². The molecule has 3 saturated heterocycles. The Balaban J connectivity index is 1.53. The minimum atomic E-state index is 0.206. The maximum Gasteiger partial charge on any atom is 0.236 e. The molecule has 1 amide bonds. The molecule has 0 radical (unpaired) electrons. The highest BCUT2D eigenvalue weighted by Crippen LogP contribution is 2.28. The van der Waals surface area contributed by atoms with Crippen molar-refractivity contribution >= 4 is 5.91 Å². The Morgan fingerprint density at radius 3 is 2.77 bits per heavy atom. The lowest BCUT2D eigenvalue weighted by molar-refractivity contribution is -0.130. The van der Waals surface area contributed by atoms with Crippen molar-refractivity contribution in [2.24, 2.45) is 5.92 Å². The number of hydrogen-bond acceptors (Lipinski definition) is 4. The Morgan fingerprint density at radius 1 is 1.19 bits per heavy atom. The second-order valence-corrected chi connectivity index (χ2v) is 7.88. The Kier molecular flexibility index (Phi) is 6.54. The molecule has 0 spiro atoms. The maximum absolute atomic E-state index is 12.1. The number of likely N-dealkylation sites (N-methyl/N-ethyl adjacent to an activating group) is 1. The van der Waals surface area contributed by atoms with Gasteiger partial charge in [0.2, 0.25) is 5.91 Å². The first-order chi connectivity index (χ1) is 12.6. The molecule has 3 heterocycles. The lowest BCUT2D eigenvalue weighted by atomic mass is 9.95. The molecule has 0 saturated carbocycles. The molecule has 0 aliphatic carbocycles. The van der Waals surface area contributed by atoms with Gasteiger partial charge in [-0.2, -0.15) is 0 Å². The van der Waals surface area contributed by atoms with Crippen molar-refractivity contribution in [3.63, 3.8) is 0 Å². The molecule has 144 valence electrons. The zero-order valence-electron chi connectivity index (χ0n) is 16.5. The van der Waals surface area contributed by atoms with Crippen molar-refractivity contribution in [1.29, 1.82) is 0 Å². The number of rotatable bonds is 7. The smallest absolute Gasteiger partial charge is 0.236 e. The number of carbonyl (C=O) groups excluding carboxylic acids is 1. The van der Waals surface area contributed by atoms with E-state index in [1.54, 1.807) is 4.90 Å². The fourth-order valence-electron chi connectivity index (χ4n) is 4.22. The van der Waals surface area contributed by atoms with E-state index in [1.807, 2.05) is 20.2 Å². The van der Waals surface area contributed by atoms with Gasteiger partial charge >= 0.3 is 0 Å². The van der Waals surface area contributed by atoms with Crippen molar-refractivity contribution in [2.45, 2.75) is 32.2 Å². The van der Waals surface area contributed by atoms with Gasteiger partial charge in [0.05, 0.1) is 6.54 Å². The van der Waals surface area contributed by atoms with Crippen molar-refractivity contribution in [3.8, 4) is 5.75 Å². The third kappa shape index (κ3) is 4.77. The van der Waals surface area contributed by atoms with E-state index >= 15 is 0 Å². The van der Waals surface area contributed by atoms with Crippen LogP contribution in [0.3, 0.4) is 0 Å². The van der Waals surface area contributed by atoms with E-state index < -0.39 is 0 Å². The summed E-state index contributed by atoms with van der Waals surface area (Å²) in [5.41, 5.74) is 1.28. The minimum absolute atomic E-state index is 0.206. The second-order valence-electron chi connectivity index (χ2n) is 7.88. The van der Waals surface area contributed by atoms with Crippen LogP contribution in [0.1, 0.15) is 25.3 Å². The molecule has 3 aliphatic heterocycles. The van der Waals surface area contributed by atoms with Crippen LogP contribution in [0.15, 0.2) is 24.3 Å². The van der Waals surface area contributed by atoms with Gasteiger partial charge < -0.3 is 9.64 Å². The predicted octanol–water partition coefficient (Wildman–Crippen LogP) is 2.11. The summed E-state index contributed by atoms with van der Waals surface area (Å²) in [4.78, 5) is 18.7. The van der Waals surface area contributed by atoms with Gasteiger partial charge in [0.1, 0.15) is 12.4 Å². The predicted molar refractivity (Wildman–Crippen MR) is 105 cm³/mol. The van der Waals surface area contributed by atoms with Gasteiger partial charge in [-0.15, -0.1) is 0 Å². The van der Waals surface area contributed by atoms with E-state index in [1.165, 1.54) is 18.4 Å². The zero-order valence-corrected chi connectivity index (χ0v) is 16.5. The third-order valence-corrected chi connectivity index (χ3v) is 5.75. The largest absolute Gasteiger partial charge is 0.492 e. The number of ether oxygens (including phenoxy) is 1. The summed E-state index contributed by atoms with van der Waals surface area (Å²) in [6.07, 6.45) is 3.52. The SMILES string of the molecule is CCc1ccccc1OCCN1C[C@@H]2CC[C@H]1CN(CC(=O)N(C)C)C2. The van der Waals surface area contributed by atoms with Crippen molar-refractivity contribution < 1.29 is 9.53 Å². The quantitative estimate of drug-likeness (QED) is 0.747.